The number of hydrogen-bond acceptors (Lipinski definition) is 6. The van der Waals surface area contributed by atoms with Crippen LogP contribution in [0.2, 0.25) is 0 Å². The number of carbonyl (C=O) groups is 1. The van der Waals surface area contributed by atoms with E-state index in [9.17, 15) is 13.2 Å². The van der Waals surface area contributed by atoms with Crippen LogP contribution in [0.25, 0.3) is 10.2 Å². The van der Waals surface area contributed by atoms with Crippen LogP contribution in [0, 0.1) is 6.92 Å². The topological polar surface area (TPSA) is 76.1 Å². The molecule has 0 aliphatic rings. The summed E-state index contributed by atoms with van der Waals surface area (Å²) in [4.78, 5) is 18.0. The fourth-order valence-corrected chi connectivity index (χ4v) is 6.49. The number of aromatic nitrogens is 1. The van der Waals surface area contributed by atoms with Crippen molar-refractivity contribution in [2.75, 3.05) is 11.1 Å². The third-order valence-electron chi connectivity index (χ3n) is 4.09. The van der Waals surface area contributed by atoms with E-state index in [4.69, 9.17) is 0 Å². The summed E-state index contributed by atoms with van der Waals surface area (Å²) in [5, 5.41) is 3.45. The molecule has 0 saturated carbocycles. The highest BCUT2D eigenvalue weighted by Crippen LogP contribution is 2.31. The molecule has 1 unspecified atom stereocenters. The Labute approximate surface area is 173 Å². The zero-order valence-electron chi connectivity index (χ0n) is 15.9. The highest BCUT2D eigenvalue weighted by molar-refractivity contribution is 8.01. The average Bonchev–Trinajstić information content (AvgIpc) is 3.01. The van der Waals surface area contributed by atoms with Crippen LogP contribution in [0.1, 0.15) is 25.3 Å². The van der Waals surface area contributed by atoms with Crippen molar-refractivity contribution in [1.82, 2.24) is 4.98 Å². The maximum absolute atomic E-state index is 12.7. The lowest BCUT2D eigenvalue weighted by atomic mass is 10.3. The number of sulfone groups is 1. The van der Waals surface area contributed by atoms with Crippen LogP contribution in [0.5, 0.6) is 0 Å². The van der Waals surface area contributed by atoms with Gasteiger partial charge in [-0.25, -0.2) is 13.4 Å². The number of aryl methyl sites for hydroxylation is 1. The normalized spacial score (nSPS) is 12.8. The van der Waals surface area contributed by atoms with Crippen LogP contribution in [-0.4, -0.2) is 30.3 Å². The predicted octanol–water partition coefficient (Wildman–Crippen LogP) is 4.91. The van der Waals surface area contributed by atoms with Crippen molar-refractivity contribution in [2.45, 2.75) is 42.2 Å². The van der Waals surface area contributed by atoms with Crippen molar-refractivity contribution in [2.24, 2.45) is 0 Å². The lowest BCUT2D eigenvalue weighted by Gasteiger charge is -2.15. The summed E-state index contributed by atoms with van der Waals surface area (Å²) in [5.74, 6) is -0.0762. The number of hydrogen-bond donors (Lipinski definition) is 1. The Morgan fingerprint density at radius 1 is 1.25 bits per heavy atom. The van der Waals surface area contributed by atoms with E-state index < -0.39 is 15.1 Å². The standard InChI is InChI=1S/C20H22N2O3S3/c1-4-11-28(24,25)19-8-6-5-7-17(19)26-13(2)20(23)22-15-9-10-16-18(12-15)27-14(3)21-16/h5-10,12-13H,4,11H2,1-3H3,(H,22,23). The molecule has 0 aliphatic heterocycles. The molecule has 0 spiro atoms. The molecular formula is C20H22N2O3S3. The molecule has 28 heavy (non-hydrogen) atoms. The number of fused-ring (bicyclic) bond motifs is 1. The zero-order valence-corrected chi connectivity index (χ0v) is 18.4. The van der Waals surface area contributed by atoms with Gasteiger partial charge in [-0.05, 0) is 50.6 Å². The first-order valence-corrected chi connectivity index (χ1v) is 12.3. The first kappa shape index (κ1) is 20.8. The SMILES string of the molecule is CCCS(=O)(=O)c1ccccc1SC(C)C(=O)Nc1ccc2nc(C)sc2c1. The summed E-state index contributed by atoms with van der Waals surface area (Å²) in [6.45, 7) is 5.56. The number of nitrogens with zero attached hydrogens (tertiary/aromatic N) is 1. The predicted molar refractivity (Wildman–Crippen MR) is 117 cm³/mol. The summed E-state index contributed by atoms with van der Waals surface area (Å²) in [7, 11) is -3.35. The Morgan fingerprint density at radius 3 is 2.75 bits per heavy atom. The van der Waals surface area contributed by atoms with Gasteiger partial charge in [0.15, 0.2) is 9.84 Å². The Bertz CT molecular complexity index is 1110. The van der Waals surface area contributed by atoms with Gasteiger partial charge in [-0.15, -0.1) is 23.1 Å². The number of thiazole rings is 1. The third-order valence-corrected chi connectivity index (χ3v) is 8.31. The second-order valence-corrected chi connectivity index (χ2v) is 11.1. The number of nitrogens with one attached hydrogen (secondary N) is 1. The van der Waals surface area contributed by atoms with Crippen molar-refractivity contribution < 1.29 is 13.2 Å². The summed E-state index contributed by atoms with van der Waals surface area (Å²) < 4.78 is 26.0. The van der Waals surface area contributed by atoms with Crippen molar-refractivity contribution in [1.29, 1.82) is 0 Å². The highest BCUT2D eigenvalue weighted by Gasteiger charge is 2.22. The van der Waals surface area contributed by atoms with Gasteiger partial charge in [-0.1, -0.05) is 19.1 Å². The first-order chi connectivity index (χ1) is 13.3. The maximum atomic E-state index is 12.7. The van der Waals surface area contributed by atoms with E-state index in [1.54, 1.807) is 42.5 Å². The number of benzene rings is 2. The Kier molecular flexibility index (Phi) is 6.42. The van der Waals surface area contributed by atoms with E-state index >= 15 is 0 Å². The number of thioether (sulfide) groups is 1. The zero-order chi connectivity index (χ0) is 20.3. The van der Waals surface area contributed by atoms with Gasteiger partial charge in [0.2, 0.25) is 5.91 Å². The minimum atomic E-state index is -3.35. The van der Waals surface area contributed by atoms with E-state index in [1.165, 1.54) is 11.8 Å². The van der Waals surface area contributed by atoms with Crippen molar-refractivity contribution in [3.8, 4) is 0 Å². The van der Waals surface area contributed by atoms with Crippen LogP contribution in [-0.2, 0) is 14.6 Å². The van der Waals surface area contributed by atoms with E-state index in [0.717, 1.165) is 15.2 Å². The summed E-state index contributed by atoms with van der Waals surface area (Å²) in [6, 6.07) is 12.5. The minimum absolute atomic E-state index is 0.0967. The lowest BCUT2D eigenvalue weighted by Crippen LogP contribution is -2.22. The van der Waals surface area contributed by atoms with Crippen molar-refractivity contribution in [3.05, 3.63) is 47.5 Å². The van der Waals surface area contributed by atoms with Crippen LogP contribution >= 0.6 is 23.1 Å². The van der Waals surface area contributed by atoms with Gasteiger partial charge < -0.3 is 5.32 Å². The summed E-state index contributed by atoms with van der Waals surface area (Å²) in [5.41, 5.74) is 1.62. The molecule has 1 heterocycles. The van der Waals surface area contributed by atoms with Crippen LogP contribution in [0.4, 0.5) is 5.69 Å². The quantitative estimate of drug-likeness (QED) is 0.535. The van der Waals surface area contributed by atoms with Gasteiger partial charge in [0.05, 0.1) is 31.1 Å². The third kappa shape index (κ3) is 4.74. The van der Waals surface area contributed by atoms with Gasteiger partial charge in [-0.2, -0.15) is 0 Å². The molecule has 1 amide bonds. The van der Waals surface area contributed by atoms with Crippen LogP contribution < -0.4 is 5.32 Å². The van der Waals surface area contributed by atoms with Crippen molar-refractivity contribution in [3.63, 3.8) is 0 Å². The van der Waals surface area contributed by atoms with Gasteiger partial charge in [0.1, 0.15) is 0 Å². The fraction of sp³-hybridized carbons (Fsp3) is 0.300. The van der Waals surface area contributed by atoms with E-state index in [0.29, 0.717) is 21.9 Å². The molecule has 148 valence electrons. The van der Waals surface area contributed by atoms with E-state index in [2.05, 4.69) is 10.3 Å². The second kappa shape index (κ2) is 8.63. The molecule has 0 saturated heterocycles. The second-order valence-electron chi connectivity index (χ2n) is 6.43. The van der Waals surface area contributed by atoms with E-state index in [1.807, 2.05) is 32.0 Å². The monoisotopic (exact) mass is 434 g/mol. The van der Waals surface area contributed by atoms with Gasteiger partial charge >= 0.3 is 0 Å². The molecule has 3 rings (SSSR count). The Balaban J connectivity index is 1.75. The van der Waals surface area contributed by atoms with Gasteiger partial charge in [0, 0.05) is 10.6 Å². The first-order valence-electron chi connectivity index (χ1n) is 8.96. The van der Waals surface area contributed by atoms with Gasteiger partial charge in [-0.3, -0.25) is 4.79 Å². The summed E-state index contributed by atoms with van der Waals surface area (Å²) >= 11 is 2.84. The molecule has 0 fully saturated rings. The molecule has 5 nitrogen and oxygen atoms in total. The smallest absolute Gasteiger partial charge is 0.237 e. The average molecular weight is 435 g/mol. The highest BCUT2D eigenvalue weighted by atomic mass is 32.2. The minimum Gasteiger partial charge on any atom is -0.325 e. The molecule has 1 N–H and O–H groups in total. The van der Waals surface area contributed by atoms with Crippen LogP contribution in [0.15, 0.2) is 52.3 Å². The van der Waals surface area contributed by atoms with Gasteiger partial charge in [0.25, 0.3) is 0 Å². The lowest BCUT2D eigenvalue weighted by molar-refractivity contribution is -0.115. The fourth-order valence-electron chi connectivity index (χ4n) is 2.79. The molecule has 0 aliphatic carbocycles. The van der Waals surface area contributed by atoms with Crippen molar-refractivity contribution >= 4 is 54.7 Å². The molecule has 2 aromatic carbocycles. The van der Waals surface area contributed by atoms with E-state index in [-0.39, 0.29) is 11.7 Å². The molecule has 0 radical (unpaired) electrons. The Morgan fingerprint density at radius 2 is 2.00 bits per heavy atom. The number of carbonyl (C=O) groups excluding carboxylic acids is 1. The molecule has 1 aromatic heterocycles. The molecule has 3 aromatic rings. The molecule has 1 atom stereocenters. The van der Waals surface area contributed by atoms with Crippen LogP contribution in [0.3, 0.4) is 0 Å². The molecule has 8 heteroatoms. The largest absolute Gasteiger partial charge is 0.325 e. The molecule has 0 bridgehead atoms. The number of amides is 1. The maximum Gasteiger partial charge on any atom is 0.237 e. The molecular weight excluding hydrogens is 412 g/mol. The summed E-state index contributed by atoms with van der Waals surface area (Å²) in [6.07, 6.45) is 0.552. The number of rotatable bonds is 7. The Hall–Kier alpha value is -1.90. The number of anilines is 1.